The Morgan fingerprint density at radius 3 is 0.800 bits per heavy atom. The maximum absolute atomic E-state index is 6.85. The number of rotatable bonds is 9. The molecule has 23 aromatic rings. The maximum atomic E-state index is 6.85. The lowest BCUT2D eigenvalue weighted by atomic mass is 9.86. The molecule has 0 N–H and O–H groups in total. The molecule has 512 valence electrons. The lowest BCUT2D eigenvalue weighted by molar-refractivity contribution is 0.670. The fraction of sp³-hybridized carbons (Fsp3) is 0. The van der Waals surface area contributed by atoms with Crippen molar-refractivity contribution >= 4 is 131 Å². The van der Waals surface area contributed by atoms with Gasteiger partial charge in [0, 0.05) is 71.2 Å². The normalized spacial score (nSPS) is 11.8. The minimum absolute atomic E-state index is 0.907. The first kappa shape index (κ1) is 62.8. The SMILES string of the molecule is c1ccc(-c2c3ccccc3c(-c3ccc(-n4c5ccccc5c5ccc(-c6cccc7c6oc6c(-c8ccccc8)cccc67)cc54)cc3)c3ccccc23)cc1.c1ccc(-c2c3ccccc3c(-c3ccc(-n4c5ccccc5c5ccc(-c6cccc7c6oc6ccccc67)cc54)cc3)c3ccccc23)cc1. The van der Waals surface area contributed by atoms with Crippen LogP contribution in [0.25, 0.3) is 220 Å². The van der Waals surface area contributed by atoms with Gasteiger partial charge in [-0.05, 0) is 159 Å². The lowest BCUT2D eigenvalue weighted by Gasteiger charge is -2.18. The number of fused-ring (bicyclic) bond motifs is 16. The number of benzene rings is 19. The van der Waals surface area contributed by atoms with E-state index >= 15 is 0 Å². The van der Waals surface area contributed by atoms with Crippen molar-refractivity contribution in [3.05, 3.63) is 400 Å². The molecule has 0 atom stereocenters. The van der Waals surface area contributed by atoms with Gasteiger partial charge in [0.1, 0.15) is 22.3 Å². The molecular formula is C106H66N2O2. The summed E-state index contributed by atoms with van der Waals surface area (Å²) < 4.78 is 18.1. The summed E-state index contributed by atoms with van der Waals surface area (Å²) in [6, 6.07) is 145. The predicted octanol–water partition coefficient (Wildman–Crippen LogP) is 29.6. The average Bonchev–Trinajstić information content (AvgIpc) is 1.20. The van der Waals surface area contributed by atoms with Gasteiger partial charge in [0.25, 0.3) is 0 Å². The minimum Gasteiger partial charge on any atom is -0.455 e. The van der Waals surface area contributed by atoms with Crippen molar-refractivity contribution in [1.29, 1.82) is 0 Å². The quantitative estimate of drug-likeness (QED) is 0.135. The summed E-state index contributed by atoms with van der Waals surface area (Å²) in [5, 5.41) is 19.5. The number of hydrogen-bond donors (Lipinski definition) is 0. The van der Waals surface area contributed by atoms with E-state index in [1.54, 1.807) is 0 Å². The molecule has 0 saturated heterocycles. The predicted molar refractivity (Wildman–Crippen MR) is 464 cm³/mol. The summed E-state index contributed by atoms with van der Waals surface area (Å²) in [5.74, 6) is 0. The zero-order chi connectivity index (χ0) is 72.3. The number of para-hydroxylation sites is 6. The standard InChI is InChI=1S/C56H35NO.C50H31NO/c1-3-15-36(16-4-1)41-24-13-26-49-50-27-14-25-42(56(50)58-55(41)49)39-31-34-44-43-19-11-12-28-51(43)57(52(44)35-39)40-32-29-38(30-33-40)54-47-22-9-7-20-45(47)53(37-17-5-2-6-18-37)46-21-8-10-23-48(46)54;1-2-13-32(14-3-1)48-40-17-4-6-19-42(40)49(43-20-7-5-18-41(43)48)33-25-28-35(29-26-33)51-45-23-10-8-15-37(45)38-30-27-34(31-46(38)51)36-21-12-22-44-39-16-9-11-24-47(39)52-50(36)44/h1-35H;1-31H. The van der Waals surface area contributed by atoms with Crippen LogP contribution in [0.1, 0.15) is 0 Å². The van der Waals surface area contributed by atoms with Gasteiger partial charge < -0.3 is 18.0 Å². The van der Waals surface area contributed by atoms with Crippen molar-refractivity contribution in [3.63, 3.8) is 0 Å². The highest BCUT2D eigenvalue weighted by atomic mass is 16.3. The maximum Gasteiger partial charge on any atom is 0.143 e. The summed E-state index contributed by atoms with van der Waals surface area (Å²) in [6.45, 7) is 0. The van der Waals surface area contributed by atoms with Crippen LogP contribution in [-0.2, 0) is 0 Å². The molecule has 4 aromatic heterocycles. The van der Waals surface area contributed by atoms with Crippen molar-refractivity contribution in [1.82, 2.24) is 9.13 Å². The van der Waals surface area contributed by atoms with E-state index in [-0.39, 0.29) is 0 Å². The monoisotopic (exact) mass is 1400 g/mol. The first-order chi connectivity index (χ1) is 54.6. The van der Waals surface area contributed by atoms with Crippen LogP contribution in [0, 0.1) is 0 Å². The van der Waals surface area contributed by atoms with E-state index in [0.717, 1.165) is 94.1 Å². The van der Waals surface area contributed by atoms with Crippen LogP contribution >= 0.6 is 0 Å². The smallest absolute Gasteiger partial charge is 0.143 e. The van der Waals surface area contributed by atoms with E-state index in [9.17, 15) is 0 Å². The third-order valence-electron chi connectivity index (χ3n) is 22.8. The van der Waals surface area contributed by atoms with Crippen LogP contribution in [0.4, 0.5) is 0 Å². The highest BCUT2D eigenvalue weighted by Crippen LogP contribution is 2.49. The largest absolute Gasteiger partial charge is 0.455 e. The van der Waals surface area contributed by atoms with Crippen molar-refractivity contribution in [2.45, 2.75) is 0 Å². The molecule has 0 unspecified atom stereocenters. The third-order valence-corrected chi connectivity index (χ3v) is 22.8. The summed E-state index contributed by atoms with van der Waals surface area (Å²) >= 11 is 0. The highest BCUT2D eigenvalue weighted by molar-refractivity contribution is 6.24. The van der Waals surface area contributed by atoms with E-state index in [1.807, 2.05) is 12.1 Å². The van der Waals surface area contributed by atoms with Gasteiger partial charge in [-0.15, -0.1) is 0 Å². The van der Waals surface area contributed by atoms with Gasteiger partial charge in [0.2, 0.25) is 0 Å². The molecular weight excluding hydrogens is 1330 g/mol. The van der Waals surface area contributed by atoms with Gasteiger partial charge in [-0.3, -0.25) is 0 Å². The molecule has 0 amide bonds. The van der Waals surface area contributed by atoms with Gasteiger partial charge in [-0.1, -0.05) is 346 Å². The van der Waals surface area contributed by atoms with Gasteiger partial charge >= 0.3 is 0 Å². The van der Waals surface area contributed by atoms with Crippen molar-refractivity contribution in [2.24, 2.45) is 0 Å². The molecule has 0 fully saturated rings. The number of furan rings is 2. The Morgan fingerprint density at radius 2 is 0.418 bits per heavy atom. The molecule has 4 heterocycles. The third kappa shape index (κ3) is 10.0. The average molecular weight is 1400 g/mol. The summed E-state index contributed by atoms with van der Waals surface area (Å²) in [7, 11) is 0. The van der Waals surface area contributed by atoms with Crippen LogP contribution in [-0.4, -0.2) is 9.13 Å². The number of nitrogens with zero attached hydrogens (tertiary/aromatic N) is 2. The van der Waals surface area contributed by atoms with E-state index in [1.165, 1.54) is 126 Å². The Morgan fingerprint density at radius 1 is 0.155 bits per heavy atom. The molecule has 0 bridgehead atoms. The van der Waals surface area contributed by atoms with E-state index in [2.05, 4.69) is 397 Å². The second kappa shape index (κ2) is 25.6. The van der Waals surface area contributed by atoms with Crippen LogP contribution in [0.5, 0.6) is 0 Å². The van der Waals surface area contributed by atoms with E-state index < -0.39 is 0 Å². The van der Waals surface area contributed by atoms with Crippen molar-refractivity contribution in [3.8, 4) is 89.3 Å². The van der Waals surface area contributed by atoms with Crippen LogP contribution in [0.2, 0.25) is 0 Å². The highest BCUT2D eigenvalue weighted by Gasteiger charge is 2.24. The molecule has 0 radical (unpaired) electrons. The van der Waals surface area contributed by atoms with Crippen molar-refractivity contribution < 1.29 is 8.83 Å². The fourth-order valence-electron chi connectivity index (χ4n) is 18.0. The molecule has 110 heavy (non-hydrogen) atoms. The zero-order valence-electron chi connectivity index (χ0n) is 59.8. The molecule has 0 spiro atoms. The molecule has 4 nitrogen and oxygen atoms in total. The summed E-state index contributed by atoms with van der Waals surface area (Å²) in [6.07, 6.45) is 0. The fourth-order valence-corrected chi connectivity index (χ4v) is 18.0. The van der Waals surface area contributed by atoms with Gasteiger partial charge in [-0.2, -0.15) is 0 Å². The second-order valence-corrected chi connectivity index (χ2v) is 28.8. The van der Waals surface area contributed by atoms with Crippen LogP contribution in [0.15, 0.2) is 409 Å². The molecule has 4 heteroatoms. The Labute approximate surface area is 634 Å². The molecule has 0 aliphatic heterocycles. The Bertz CT molecular complexity index is 7490. The molecule has 19 aromatic carbocycles. The minimum atomic E-state index is 0.907. The molecule has 23 rings (SSSR count). The molecule has 0 aliphatic carbocycles. The Hall–Kier alpha value is -14.6. The number of aromatic nitrogens is 2. The van der Waals surface area contributed by atoms with Crippen molar-refractivity contribution in [2.75, 3.05) is 0 Å². The van der Waals surface area contributed by atoms with E-state index in [0.29, 0.717) is 0 Å². The second-order valence-electron chi connectivity index (χ2n) is 28.8. The van der Waals surface area contributed by atoms with Gasteiger partial charge in [-0.25, -0.2) is 0 Å². The summed E-state index contributed by atoms with van der Waals surface area (Å²) in [5.41, 5.74) is 27.3. The van der Waals surface area contributed by atoms with Crippen LogP contribution < -0.4 is 0 Å². The summed E-state index contributed by atoms with van der Waals surface area (Å²) in [4.78, 5) is 0. The zero-order valence-corrected chi connectivity index (χ0v) is 59.8. The first-order valence-electron chi connectivity index (χ1n) is 37.8. The lowest BCUT2D eigenvalue weighted by Crippen LogP contribution is -1.95. The number of hydrogen-bond acceptors (Lipinski definition) is 2. The first-order valence-corrected chi connectivity index (χ1v) is 37.8. The Balaban J connectivity index is 0.000000136. The van der Waals surface area contributed by atoms with Gasteiger partial charge in [0.15, 0.2) is 0 Å². The Kier molecular flexibility index (Phi) is 14.6. The molecule has 0 saturated carbocycles. The topological polar surface area (TPSA) is 36.1 Å². The molecule has 0 aliphatic rings. The van der Waals surface area contributed by atoms with E-state index in [4.69, 9.17) is 8.83 Å². The van der Waals surface area contributed by atoms with Gasteiger partial charge in [0.05, 0.1) is 22.1 Å². The van der Waals surface area contributed by atoms with Crippen LogP contribution in [0.3, 0.4) is 0 Å².